The van der Waals surface area contributed by atoms with E-state index in [1.165, 1.54) is 12.1 Å². The number of hydrogen-bond donors (Lipinski definition) is 2. The van der Waals surface area contributed by atoms with Crippen molar-refractivity contribution in [3.8, 4) is 0 Å². The van der Waals surface area contributed by atoms with Crippen molar-refractivity contribution in [1.82, 2.24) is 5.32 Å². The molecule has 1 unspecified atom stereocenters. The van der Waals surface area contributed by atoms with Crippen molar-refractivity contribution < 1.29 is 13.2 Å². The van der Waals surface area contributed by atoms with E-state index in [1.807, 2.05) is 19.9 Å². The first kappa shape index (κ1) is 16.4. The summed E-state index contributed by atoms with van der Waals surface area (Å²) in [4.78, 5) is 11.9. The molecule has 0 aliphatic rings. The second-order valence-electron chi connectivity index (χ2n) is 4.60. The third-order valence-corrected chi connectivity index (χ3v) is 3.85. The van der Waals surface area contributed by atoms with E-state index in [0.717, 1.165) is 12.0 Å². The van der Waals surface area contributed by atoms with Crippen molar-refractivity contribution in [2.45, 2.75) is 38.1 Å². The molecule has 110 valence electrons. The highest BCUT2D eigenvalue weighted by atomic mass is 32.2. The molecule has 1 amide bonds. The van der Waals surface area contributed by atoms with Gasteiger partial charge in [0.15, 0.2) is 0 Å². The van der Waals surface area contributed by atoms with Gasteiger partial charge in [-0.25, -0.2) is 13.6 Å². The highest BCUT2D eigenvalue weighted by molar-refractivity contribution is 7.89. The first-order valence-corrected chi connectivity index (χ1v) is 7.90. The van der Waals surface area contributed by atoms with Crippen LogP contribution < -0.4 is 10.5 Å². The number of benzene rings is 1. The van der Waals surface area contributed by atoms with Crippen LogP contribution in [0.3, 0.4) is 0 Å². The smallest absolute Gasteiger partial charge is 0.247 e. The zero-order valence-electron chi connectivity index (χ0n) is 11.9. The Morgan fingerprint density at radius 2 is 1.90 bits per heavy atom. The lowest BCUT2D eigenvalue weighted by Crippen LogP contribution is -2.27. The predicted molar refractivity (Wildman–Crippen MR) is 78.4 cm³/mol. The zero-order valence-corrected chi connectivity index (χ0v) is 12.7. The fourth-order valence-electron chi connectivity index (χ4n) is 1.74. The minimum absolute atomic E-state index is 0.0573. The Balaban J connectivity index is 2.81. The number of amides is 1. The fraction of sp³-hybridized carbons (Fsp3) is 0.357. The van der Waals surface area contributed by atoms with Crippen LogP contribution in [-0.4, -0.2) is 14.3 Å². The summed E-state index contributed by atoms with van der Waals surface area (Å²) in [6.07, 6.45) is 2.66. The Labute approximate surface area is 119 Å². The highest BCUT2D eigenvalue weighted by Gasteiger charge is 2.12. The van der Waals surface area contributed by atoms with Crippen LogP contribution in [0.2, 0.25) is 0 Å². The van der Waals surface area contributed by atoms with Gasteiger partial charge in [-0.1, -0.05) is 25.1 Å². The quantitative estimate of drug-likeness (QED) is 0.813. The lowest BCUT2D eigenvalue weighted by Gasteiger charge is -2.15. The van der Waals surface area contributed by atoms with Gasteiger partial charge in [-0.15, -0.1) is 0 Å². The molecule has 0 bridgehead atoms. The van der Waals surface area contributed by atoms with Crippen LogP contribution in [0, 0.1) is 0 Å². The lowest BCUT2D eigenvalue weighted by molar-refractivity contribution is -0.118. The molecule has 0 spiro atoms. The van der Waals surface area contributed by atoms with Crippen LogP contribution in [-0.2, 0) is 14.8 Å². The van der Waals surface area contributed by atoms with Crippen LogP contribution in [0.15, 0.2) is 40.8 Å². The highest BCUT2D eigenvalue weighted by Crippen LogP contribution is 2.16. The number of nitrogens with two attached hydrogens (primary N) is 1. The number of allylic oxidation sites excluding steroid dienone is 1. The number of carbonyl (C=O) groups is 1. The van der Waals surface area contributed by atoms with Gasteiger partial charge in [0, 0.05) is 5.57 Å². The van der Waals surface area contributed by atoms with Crippen molar-refractivity contribution in [2.75, 3.05) is 0 Å². The van der Waals surface area contributed by atoms with Crippen molar-refractivity contribution in [3.05, 3.63) is 41.5 Å². The summed E-state index contributed by atoms with van der Waals surface area (Å²) in [5, 5.41) is 7.88. The number of nitrogens with one attached hydrogen (secondary N) is 1. The molecule has 6 heteroatoms. The van der Waals surface area contributed by atoms with Gasteiger partial charge in [0.2, 0.25) is 15.9 Å². The molecule has 0 saturated heterocycles. The van der Waals surface area contributed by atoms with E-state index in [9.17, 15) is 13.2 Å². The maximum atomic E-state index is 11.8. The Kier molecular flexibility index (Phi) is 5.47. The van der Waals surface area contributed by atoms with Crippen molar-refractivity contribution in [2.24, 2.45) is 5.14 Å². The average molecular weight is 296 g/mol. The summed E-state index contributed by atoms with van der Waals surface area (Å²) < 4.78 is 22.3. The molecule has 0 aliphatic carbocycles. The molecule has 0 fully saturated rings. The largest absolute Gasteiger partial charge is 0.346 e. The van der Waals surface area contributed by atoms with Gasteiger partial charge in [0.05, 0.1) is 10.9 Å². The predicted octanol–water partition coefficient (Wildman–Crippen LogP) is 1.87. The minimum Gasteiger partial charge on any atom is -0.346 e. The zero-order chi connectivity index (χ0) is 15.3. The number of hydrogen-bond acceptors (Lipinski definition) is 3. The Hall–Kier alpha value is -1.66. The van der Waals surface area contributed by atoms with Crippen LogP contribution in [0.5, 0.6) is 0 Å². The molecular formula is C14H20N2O3S. The molecule has 0 heterocycles. The topological polar surface area (TPSA) is 89.3 Å². The summed E-state index contributed by atoms with van der Waals surface area (Å²) in [6.45, 7) is 5.56. The van der Waals surface area contributed by atoms with Gasteiger partial charge in [-0.2, -0.15) is 0 Å². The summed E-state index contributed by atoms with van der Waals surface area (Å²) in [6, 6.07) is 5.94. The van der Waals surface area contributed by atoms with E-state index in [4.69, 9.17) is 5.14 Å². The van der Waals surface area contributed by atoms with E-state index in [-0.39, 0.29) is 16.8 Å². The minimum atomic E-state index is -3.69. The van der Waals surface area contributed by atoms with Gasteiger partial charge < -0.3 is 5.32 Å². The molecule has 0 saturated carbocycles. The van der Waals surface area contributed by atoms with E-state index < -0.39 is 10.0 Å². The van der Waals surface area contributed by atoms with Gasteiger partial charge in [-0.3, -0.25) is 4.79 Å². The van der Waals surface area contributed by atoms with Crippen LogP contribution >= 0.6 is 0 Å². The van der Waals surface area contributed by atoms with Crippen LogP contribution in [0.4, 0.5) is 0 Å². The molecule has 5 nitrogen and oxygen atoms in total. The molecule has 3 N–H and O–H groups in total. The van der Waals surface area contributed by atoms with E-state index in [2.05, 4.69) is 5.32 Å². The van der Waals surface area contributed by atoms with E-state index in [0.29, 0.717) is 5.57 Å². The van der Waals surface area contributed by atoms with Crippen molar-refractivity contribution in [1.29, 1.82) is 0 Å². The van der Waals surface area contributed by atoms with Crippen molar-refractivity contribution in [3.63, 3.8) is 0 Å². The first-order chi connectivity index (χ1) is 9.25. The average Bonchev–Trinajstić information content (AvgIpc) is 2.38. The Bertz CT molecular complexity index is 604. The fourth-order valence-corrected chi connectivity index (χ4v) is 2.25. The van der Waals surface area contributed by atoms with Gasteiger partial charge in [0.1, 0.15) is 0 Å². The van der Waals surface area contributed by atoms with E-state index in [1.54, 1.807) is 19.1 Å². The Morgan fingerprint density at radius 1 is 1.35 bits per heavy atom. The summed E-state index contributed by atoms with van der Waals surface area (Å²) in [5.41, 5.74) is 1.48. The summed E-state index contributed by atoms with van der Waals surface area (Å²) >= 11 is 0. The van der Waals surface area contributed by atoms with E-state index >= 15 is 0 Å². The summed E-state index contributed by atoms with van der Waals surface area (Å²) in [5.74, 6) is -0.130. The second kappa shape index (κ2) is 6.67. The Morgan fingerprint density at radius 3 is 2.35 bits per heavy atom. The number of primary sulfonamides is 1. The standard InChI is InChI=1S/C14H20N2O3S/c1-4-5-10(2)14(17)16-11(3)12-6-8-13(9-7-12)20(15,18)19/h5-9,11H,4H2,1-3H3,(H,16,17)(H2,15,18,19)/b10-5-. The first-order valence-electron chi connectivity index (χ1n) is 6.36. The molecule has 1 rings (SSSR count). The SMILES string of the molecule is CC/C=C(/C)C(=O)NC(C)c1ccc(S(N)(=O)=O)cc1. The molecular weight excluding hydrogens is 276 g/mol. The molecule has 1 atom stereocenters. The number of carbonyl (C=O) groups excluding carboxylic acids is 1. The van der Waals surface area contributed by atoms with Crippen LogP contribution in [0.1, 0.15) is 38.8 Å². The lowest BCUT2D eigenvalue weighted by atomic mass is 10.1. The molecule has 20 heavy (non-hydrogen) atoms. The molecule has 1 aromatic rings. The summed E-state index contributed by atoms with van der Waals surface area (Å²) in [7, 11) is -3.69. The molecule has 0 aromatic heterocycles. The third-order valence-electron chi connectivity index (χ3n) is 2.92. The molecule has 0 radical (unpaired) electrons. The number of rotatable bonds is 5. The van der Waals surface area contributed by atoms with Gasteiger partial charge in [-0.05, 0) is 38.0 Å². The number of sulfonamides is 1. The van der Waals surface area contributed by atoms with Crippen molar-refractivity contribution >= 4 is 15.9 Å². The van der Waals surface area contributed by atoms with Gasteiger partial charge in [0.25, 0.3) is 0 Å². The van der Waals surface area contributed by atoms with Gasteiger partial charge >= 0.3 is 0 Å². The maximum Gasteiger partial charge on any atom is 0.247 e. The molecule has 1 aromatic carbocycles. The maximum absolute atomic E-state index is 11.8. The third kappa shape index (κ3) is 4.47. The monoisotopic (exact) mass is 296 g/mol. The van der Waals surface area contributed by atoms with Crippen LogP contribution in [0.25, 0.3) is 0 Å². The molecule has 0 aliphatic heterocycles. The normalized spacial score (nSPS) is 13.9. The second-order valence-corrected chi connectivity index (χ2v) is 6.17.